The van der Waals surface area contributed by atoms with Crippen molar-refractivity contribution in [3.8, 4) is 0 Å². The monoisotopic (exact) mass is 404 g/mol. The summed E-state index contributed by atoms with van der Waals surface area (Å²) in [5.74, 6) is 1.43. The average Bonchev–Trinajstić information content (AvgIpc) is 2.13. The molecule has 0 aliphatic heterocycles. The molecule has 4 atom stereocenters. The van der Waals surface area contributed by atoms with E-state index < -0.39 is 12.0 Å². The molecule has 0 N–H and O–H groups in total. The standard InChI is InChI=1S/C10H18Cl6Si2/c1-7-3-4-9(5-10(7)18(14,15)16)8(2)6-17(11,12)13/h7-10H,3-6H2,1-2H3/t7?,8?,9-,10?/m1/s1. The van der Waals surface area contributed by atoms with Gasteiger partial charge in [-0.15, -0.1) is 66.5 Å². The molecule has 0 aromatic rings. The number of halogens is 6. The van der Waals surface area contributed by atoms with Crippen molar-refractivity contribution in [2.45, 2.75) is 44.7 Å². The molecule has 0 aromatic heterocycles. The minimum absolute atomic E-state index is 0.237. The number of rotatable bonds is 4. The Morgan fingerprint density at radius 1 is 1.06 bits per heavy atom. The van der Waals surface area contributed by atoms with Crippen molar-refractivity contribution < 1.29 is 0 Å². The Hall–Kier alpha value is 2.17. The zero-order chi connectivity index (χ0) is 14.1. The lowest BCUT2D eigenvalue weighted by Crippen LogP contribution is -2.34. The molecule has 108 valence electrons. The maximum Gasteiger partial charge on any atom is 0.344 e. The van der Waals surface area contributed by atoms with Crippen LogP contribution in [-0.4, -0.2) is 12.0 Å². The van der Waals surface area contributed by atoms with E-state index in [1.165, 1.54) is 0 Å². The first-order chi connectivity index (χ1) is 8.00. The van der Waals surface area contributed by atoms with Crippen molar-refractivity contribution in [2.75, 3.05) is 0 Å². The van der Waals surface area contributed by atoms with Gasteiger partial charge >= 0.3 is 12.0 Å². The molecule has 3 unspecified atom stereocenters. The Balaban J connectivity index is 2.65. The predicted molar refractivity (Wildman–Crippen MR) is 90.9 cm³/mol. The van der Waals surface area contributed by atoms with Crippen LogP contribution in [0.25, 0.3) is 0 Å². The van der Waals surface area contributed by atoms with Gasteiger partial charge in [0.25, 0.3) is 0 Å². The Labute approximate surface area is 140 Å². The van der Waals surface area contributed by atoms with Crippen LogP contribution in [0.4, 0.5) is 0 Å². The largest absolute Gasteiger partial charge is 0.344 e. The van der Waals surface area contributed by atoms with Gasteiger partial charge in [0.2, 0.25) is 0 Å². The SMILES string of the molecule is CC1CC[C@@H](C(C)C[Si](Cl)(Cl)Cl)CC1[Si](Cl)(Cl)Cl. The van der Waals surface area contributed by atoms with Crippen molar-refractivity contribution in [3.05, 3.63) is 0 Å². The minimum Gasteiger partial charge on any atom is -0.126 e. The highest BCUT2D eigenvalue weighted by Gasteiger charge is 2.45. The van der Waals surface area contributed by atoms with Gasteiger partial charge in [-0.05, 0) is 42.2 Å². The van der Waals surface area contributed by atoms with Gasteiger partial charge < -0.3 is 0 Å². The van der Waals surface area contributed by atoms with Crippen molar-refractivity contribution in [3.63, 3.8) is 0 Å². The fourth-order valence-corrected chi connectivity index (χ4v) is 10.2. The van der Waals surface area contributed by atoms with Crippen LogP contribution in [0.15, 0.2) is 0 Å². The van der Waals surface area contributed by atoms with E-state index in [0.717, 1.165) is 19.3 Å². The second-order valence-corrected chi connectivity index (χ2v) is 23.6. The molecule has 1 fully saturated rings. The van der Waals surface area contributed by atoms with Crippen molar-refractivity contribution in [1.29, 1.82) is 0 Å². The molecule has 8 heteroatoms. The molecule has 1 aliphatic carbocycles. The highest BCUT2D eigenvalue weighted by molar-refractivity contribution is 7.65. The summed E-state index contributed by atoms with van der Waals surface area (Å²) in [6, 6.07) is -4.50. The van der Waals surface area contributed by atoms with Crippen LogP contribution in [0.5, 0.6) is 0 Å². The molecule has 0 bridgehead atoms. The van der Waals surface area contributed by atoms with E-state index in [9.17, 15) is 0 Å². The first-order valence-corrected chi connectivity index (χ1v) is 16.5. The average molecular weight is 407 g/mol. The van der Waals surface area contributed by atoms with Crippen LogP contribution in [0, 0.1) is 17.8 Å². The summed E-state index contributed by atoms with van der Waals surface area (Å²) in [5, 5.41) is 0. The van der Waals surface area contributed by atoms with Gasteiger partial charge in [0, 0.05) is 0 Å². The van der Waals surface area contributed by atoms with Gasteiger partial charge in [0.1, 0.15) is 0 Å². The predicted octanol–water partition coefficient (Wildman–Crippen LogP) is 6.74. The van der Waals surface area contributed by atoms with E-state index in [2.05, 4.69) is 13.8 Å². The van der Waals surface area contributed by atoms with E-state index in [1.807, 2.05) is 0 Å². The molecule has 0 spiro atoms. The Morgan fingerprint density at radius 2 is 1.61 bits per heavy atom. The normalized spacial score (nSPS) is 32.3. The first kappa shape index (κ1) is 18.2. The fraction of sp³-hybridized carbons (Fsp3) is 1.00. The summed E-state index contributed by atoms with van der Waals surface area (Å²) in [5.41, 5.74) is 0.237. The smallest absolute Gasteiger partial charge is 0.126 e. The maximum absolute atomic E-state index is 6.21. The summed E-state index contributed by atoms with van der Waals surface area (Å²) in [7, 11) is 0. The molecular weight excluding hydrogens is 389 g/mol. The van der Waals surface area contributed by atoms with Crippen LogP contribution in [0.1, 0.15) is 33.1 Å². The zero-order valence-corrected chi connectivity index (χ0v) is 16.9. The molecule has 1 saturated carbocycles. The van der Waals surface area contributed by atoms with Crippen LogP contribution < -0.4 is 0 Å². The fourth-order valence-electron chi connectivity index (χ4n) is 2.86. The summed E-state index contributed by atoms with van der Waals surface area (Å²) in [6.07, 6.45) is 3.24. The zero-order valence-electron chi connectivity index (χ0n) is 10.4. The van der Waals surface area contributed by atoms with Gasteiger partial charge in [-0.1, -0.05) is 20.3 Å². The molecular formula is C10H18Cl6Si2. The van der Waals surface area contributed by atoms with Crippen molar-refractivity contribution in [2.24, 2.45) is 17.8 Å². The lowest BCUT2D eigenvalue weighted by molar-refractivity contribution is 0.233. The van der Waals surface area contributed by atoms with Crippen LogP contribution in [0.2, 0.25) is 11.6 Å². The topological polar surface area (TPSA) is 0 Å². The van der Waals surface area contributed by atoms with E-state index in [4.69, 9.17) is 66.5 Å². The lowest BCUT2D eigenvalue weighted by Gasteiger charge is -2.39. The third-order valence-corrected chi connectivity index (χ3v) is 10.7. The molecule has 0 aromatic carbocycles. The van der Waals surface area contributed by atoms with Crippen LogP contribution >= 0.6 is 66.5 Å². The highest BCUT2D eigenvalue weighted by Crippen LogP contribution is 2.51. The maximum atomic E-state index is 6.21. The third kappa shape index (κ3) is 5.89. The van der Waals surface area contributed by atoms with Gasteiger partial charge in [-0.3, -0.25) is 0 Å². The molecule has 0 amide bonds. The first-order valence-electron chi connectivity index (χ1n) is 6.14. The number of hydrogen-bond donors (Lipinski definition) is 0. The Kier molecular flexibility index (Phi) is 7.04. The van der Waals surface area contributed by atoms with Crippen LogP contribution in [0.3, 0.4) is 0 Å². The molecule has 1 rings (SSSR count). The lowest BCUT2D eigenvalue weighted by atomic mass is 9.77. The van der Waals surface area contributed by atoms with Gasteiger partial charge in [-0.25, -0.2) is 0 Å². The summed E-state index contributed by atoms with van der Waals surface area (Å²) in [6.45, 7) is 4.34. The molecule has 18 heavy (non-hydrogen) atoms. The summed E-state index contributed by atoms with van der Waals surface area (Å²) < 4.78 is 0. The van der Waals surface area contributed by atoms with Crippen LogP contribution in [-0.2, 0) is 0 Å². The molecule has 0 saturated heterocycles. The quantitative estimate of drug-likeness (QED) is 0.358. The third-order valence-electron chi connectivity index (χ3n) is 4.01. The van der Waals surface area contributed by atoms with E-state index in [1.54, 1.807) is 0 Å². The second kappa shape index (κ2) is 6.96. The Bertz CT molecular complexity index is 275. The number of hydrogen-bond acceptors (Lipinski definition) is 0. The minimum atomic E-state index is -2.64. The molecule has 1 aliphatic rings. The van der Waals surface area contributed by atoms with Gasteiger partial charge in [-0.2, -0.15) is 0 Å². The highest BCUT2D eigenvalue weighted by atomic mass is 35.8. The van der Waals surface area contributed by atoms with Crippen molar-refractivity contribution in [1.82, 2.24) is 0 Å². The molecule has 0 heterocycles. The second-order valence-electron chi connectivity index (χ2n) is 5.50. The Morgan fingerprint density at radius 3 is 2.06 bits per heavy atom. The van der Waals surface area contributed by atoms with E-state index in [-0.39, 0.29) is 5.54 Å². The van der Waals surface area contributed by atoms with Crippen molar-refractivity contribution >= 4 is 78.5 Å². The summed E-state index contributed by atoms with van der Waals surface area (Å²) in [4.78, 5) is 0. The van der Waals surface area contributed by atoms with Gasteiger partial charge in [0.05, 0.1) is 0 Å². The molecule has 0 nitrogen and oxygen atoms in total. The molecule has 0 radical (unpaired) electrons. The van der Waals surface area contributed by atoms with Gasteiger partial charge in [0.15, 0.2) is 0 Å². The summed E-state index contributed by atoms with van der Waals surface area (Å²) >= 11 is 36.6. The van der Waals surface area contributed by atoms with E-state index >= 15 is 0 Å². The van der Waals surface area contributed by atoms with E-state index in [0.29, 0.717) is 23.8 Å².